The highest BCUT2D eigenvalue weighted by atomic mass is 35.5. The van der Waals surface area contributed by atoms with Crippen LogP contribution in [0.15, 0.2) is 47.4 Å². The molecule has 1 fully saturated rings. The number of hydrogen-bond acceptors (Lipinski definition) is 4. The van der Waals surface area contributed by atoms with Crippen molar-refractivity contribution in [2.45, 2.75) is 17.6 Å². The van der Waals surface area contributed by atoms with E-state index in [2.05, 4.69) is 11.1 Å². The van der Waals surface area contributed by atoms with Crippen LogP contribution in [0.25, 0.3) is 0 Å². The van der Waals surface area contributed by atoms with E-state index in [9.17, 15) is 9.18 Å². The first-order chi connectivity index (χ1) is 11.6. The summed E-state index contributed by atoms with van der Waals surface area (Å²) in [6, 6.07) is 11.7. The molecule has 0 spiro atoms. The Morgan fingerprint density at radius 1 is 1.17 bits per heavy atom. The number of carbonyl (C=O) groups is 1. The third-order valence-electron chi connectivity index (χ3n) is 3.58. The van der Waals surface area contributed by atoms with E-state index in [1.165, 1.54) is 27.8 Å². The summed E-state index contributed by atoms with van der Waals surface area (Å²) in [7, 11) is 0. The largest absolute Gasteiger partial charge is 0.355 e. The number of hydrazine groups is 3. The molecule has 1 saturated heterocycles. The average molecular weight is 367 g/mol. The maximum absolute atomic E-state index is 13.8. The number of benzene rings is 2. The Labute approximate surface area is 148 Å². The van der Waals surface area contributed by atoms with Crippen LogP contribution < -0.4 is 16.1 Å². The maximum atomic E-state index is 13.8. The van der Waals surface area contributed by atoms with Crippen molar-refractivity contribution in [2.75, 3.05) is 11.6 Å². The summed E-state index contributed by atoms with van der Waals surface area (Å²) in [5.74, 6) is 0.165. The number of nitrogens with zero attached hydrogens (tertiary/aromatic N) is 2. The molecule has 8 heteroatoms. The van der Waals surface area contributed by atoms with Crippen LogP contribution in [0.2, 0.25) is 5.02 Å². The standard InChI is InChI=1S/C16H16ClFN4OS/c1-2-21-16(23)22(20-19-21)14-8-5-6-12(17)11(14)10-24-15-9-4-3-7-13(15)18/h3-9,19-20H,2,10H2,1H3. The number of amides is 2. The van der Waals surface area contributed by atoms with Gasteiger partial charge in [0.25, 0.3) is 0 Å². The molecule has 3 rings (SSSR count). The summed E-state index contributed by atoms with van der Waals surface area (Å²) in [5, 5.41) is 3.36. The van der Waals surface area contributed by atoms with Gasteiger partial charge in [-0.1, -0.05) is 29.8 Å². The van der Waals surface area contributed by atoms with E-state index < -0.39 is 0 Å². The summed E-state index contributed by atoms with van der Waals surface area (Å²) in [5.41, 5.74) is 7.00. The Morgan fingerprint density at radius 2 is 1.96 bits per heavy atom. The molecule has 1 heterocycles. The fourth-order valence-electron chi connectivity index (χ4n) is 2.32. The van der Waals surface area contributed by atoms with Gasteiger partial charge in [-0.25, -0.2) is 19.2 Å². The topological polar surface area (TPSA) is 47.6 Å². The van der Waals surface area contributed by atoms with E-state index in [0.717, 1.165) is 5.56 Å². The van der Waals surface area contributed by atoms with E-state index >= 15 is 0 Å². The van der Waals surface area contributed by atoms with Crippen LogP contribution in [0, 0.1) is 5.82 Å². The number of hydrogen-bond donors (Lipinski definition) is 2. The molecular formula is C16H16ClFN4OS. The van der Waals surface area contributed by atoms with Crippen LogP contribution in [0.5, 0.6) is 0 Å². The lowest BCUT2D eigenvalue weighted by molar-refractivity contribution is 0.202. The maximum Gasteiger partial charge on any atom is 0.355 e. The predicted octanol–water partition coefficient (Wildman–Crippen LogP) is 3.96. The molecule has 5 nitrogen and oxygen atoms in total. The molecule has 2 aromatic rings. The molecular weight excluding hydrogens is 351 g/mol. The second-order valence-corrected chi connectivity index (χ2v) is 6.47. The number of nitrogens with one attached hydrogen (secondary N) is 2. The summed E-state index contributed by atoms with van der Waals surface area (Å²) >= 11 is 7.66. The van der Waals surface area contributed by atoms with Gasteiger partial charge in [0.2, 0.25) is 0 Å². The van der Waals surface area contributed by atoms with Crippen molar-refractivity contribution in [3.05, 3.63) is 58.9 Å². The minimum atomic E-state index is -0.273. The fraction of sp³-hybridized carbons (Fsp3) is 0.188. The van der Waals surface area contributed by atoms with Crippen molar-refractivity contribution in [3.8, 4) is 0 Å². The van der Waals surface area contributed by atoms with Gasteiger partial charge in [-0.05, 0) is 31.2 Å². The van der Waals surface area contributed by atoms with Crippen LogP contribution >= 0.6 is 23.4 Å². The van der Waals surface area contributed by atoms with Gasteiger partial charge in [0, 0.05) is 27.8 Å². The molecule has 0 saturated carbocycles. The smallest absolute Gasteiger partial charge is 0.245 e. The van der Waals surface area contributed by atoms with Crippen molar-refractivity contribution < 1.29 is 9.18 Å². The van der Waals surface area contributed by atoms with E-state index in [0.29, 0.717) is 27.9 Å². The monoisotopic (exact) mass is 366 g/mol. The second-order valence-electron chi connectivity index (χ2n) is 5.04. The fourth-order valence-corrected chi connectivity index (χ4v) is 3.62. The minimum absolute atomic E-state index is 0.225. The molecule has 2 amide bonds. The molecule has 0 unspecified atom stereocenters. The lowest BCUT2D eigenvalue weighted by Gasteiger charge is -2.19. The second kappa shape index (κ2) is 7.40. The number of rotatable bonds is 5. The third-order valence-corrected chi connectivity index (χ3v) is 5.01. The molecule has 24 heavy (non-hydrogen) atoms. The summed E-state index contributed by atoms with van der Waals surface area (Å²) in [4.78, 5) is 12.9. The first-order valence-corrected chi connectivity index (χ1v) is 8.75. The van der Waals surface area contributed by atoms with Crippen LogP contribution in [-0.2, 0) is 5.75 Å². The predicted molar refractivity (Wildman–Crippen MR) is 93.9 cm³/mol. The Bertz CT molecular complexity index is 761. The van der Waals surface area contributed by atoms with Crippen molar-refractivity contribution >= 4 is 35.1 Å². The summed E-state index contributed by atoms with van der Waals surface area (Å²) in [6.45, 7) is 2.38. The van der Waals surface area contributed by atoms with E-state index in [1.807, 2.05) is 6.92 Å². The molecule has 0 aliphatic carbocycles. The van der Waals surface area contributed by atoms with Crippen LogP contribution in [0.4, 0.5) is 14.9 Å². The number of carbonyl (C=O) groups excluding carboxylic acids is 1. The van der Waals surface area contributed by atoms with Gasteiger partial charge in [0.05, 0.1) is 5.69 Å². The zero-order valence-corrected chi connectivity index (χ0v) is 14.5. The molecule has 0 aromatic heterocycles. The molecule has 0 radical (unpaired) electrons. The van der Waals surface area contributed by atoms with Crippen molar-refractivity contribution in [1.29, 1.82) is 0 Å². The minimum Gasteiger partial charge on any atom is -0.245 e. The molecule has 0 bridgehead atoms. The lowest BCUT2D eigenvalue weighted by atomic mass is 10.2. The number of urea groups is 1. The van der Waals surface area contributed by atoms with E-state index in [-0.39, 0.29) is 11.8 Å². The van der Waals surface area contributed by atoms with E-state index in [4.69, 9.17) is 11.6 Å². The Kier molecular flexibility index (Phi) is 5.25. The normalized spacial score (nSPS) is 14.5. The van der Waals surface area contributed by atoms with Crippen LogP contribution in [-0.4, -0.2) is 17.6 Å². The molecule has 2 N–H and O–H groups in total. The zero-order valence-electron chi connectivity index (χ0n) is 12.9. The van der Waals surface area contributed by atoms with Crippen molar-refractivity contribution in [1.82, 2.24) is 16.1 Å². The summed E-state index contributed by atoms with van der Waals surface area (Å²) in [6.07, 6.45) is 0. The van der Waals surface area contributed by atoms with Crippen molar-refractivity contribution in [2.24, 2.45) is 0 Å². The Balaban J connectivity index is 1.86. The molecule has 2 aromatic carbocycles. The zero-order chi connectivity index (χ0) is 17.1. The van der Waals surface area contributed by atoms with Crippen LogP contribution in [0.1, 0.15) is 12.5 Å². The van der Waals surface area contributed by atoms with Gasteiger partial charge in [0.15, 0.2) is 0 Å². The number of thioether (sulfide) groups is 1. The Morgan fingerprint density at radius 3 is 2.67 bits per heavy atom. The van der Waals surface area contributed by atoms with Gasteiger partial charge >= 0.3 is 6.03 Å². The highest BCUT2D eigenvalue weighted by molar-refractivity contribution is 7.98. The van der Waals surface area contributed by atoms with Gasteiger partial charge < -0.3 is 0 Å². The van der Waals surface area contributed by atoms with Gasteiger partial charge in [-0.15, -0.1) is 22.8 Å². The highest BCUT2D eigenvalue weighted by Gasteiger charge is 2.30. The first kappa shape index (κ1) is 17.0. The first-order valence-electron chi connectivity index (χ1n) is 7.39. The van der Waals surface area contributed by atoms with Gasteiger partial charge in [-0.3, -0.25) is 0 Å². The van der Waals surface area contributed by atoms with Gasteiger partial charge in [-0.2, -0.15) is 0 Å². The average Bonchev–Trinajstić information content (AvgIpc) is 2.95. The quantitative estimate of drug-likeness (QED) is 0.786. The molecule has 1 aliphatic rings. The molecule has 1 aliphatic heterocycles. The van der Waals surface area contributed by atoms with E-state index in [1.54, 1.807) is 36.4 Å². The van der Waals surface area contributed by atoms with Crippen LogP contribution in [0.3, 0.4) is 0 Å². The summed E-state index contributed by atoms with van der Waals surface area (Å²) < 4.78 is 13.8. The molecule has 126 valence electrons. The number of anilines is 1. The molecule has 0 atom stereocenters. The highest BCUT2D eigenvalue weighted by Crippen LogP contribution is 2.34. The third kappa shape index (κ3) is 3.34. The Hall–Kier alpha value is -1.80. The lowest BCUT2D eigenvalue weighted by Crippen LogP contribution is -2.38. The SMILES string of the molecule is CCN1NNN(c2cccc(Cl)c2CSc2ccccc2F)C1=O. The van der Waals surface area contributed by atoms with Gasteiger partial charge in [0.1, 0.15) is 5.82 Å². The number of halogens is 2. The van der Waals surface area contributed by atoms with Crippen molar-refractivity contribution in [3.63, 3.8) is 0 Å².